The molecule has 4 rings (SSSR count). The first kappa shape index (κ1) is 24.0. The van der Waals surface area contributed by atoms with E-state index in [1.54, 1.807) is 62.4 Å². The van der Waals surface area contributed by atoms with E-state index in [1.807, 2.05) is 0 Å². The van der Waals surface area contributed by atoms with Crippen molar-refractivity contribution < 1.29 is 27.3 Å². The van der Waals surface area contributed by atoms with Crippen LogP contribution in [0.3, 0.4) is 0 Å². The van der Waals surface area contributed by atoms with E-state index in [0.717, 1.165) is 22.2 Å². The molecule has 2 heterocycles. The average Bonchev–Trinajstić information content (AvgIpc) is 3.03. The zero-order valence-corrected chi connectivity index (χ0v) is 19.2. The normalized spacial score (nSPS) is 15.3. The van der Waals surface area contributed by atoms with Gasteiger partial charge in [0.1, 0.15) is 28.6 Å². The van der Waals surface area contributed by atoms with Crippen LogP contribution in [-0.4, -0.2) is 30.9 Å². The molecule has 0 radical (unpaired) electrons. The zero-order chi connectivity index (χ0) is 25.5. The van der Waals surface area contributed by atoms with Crippen LogP contribution in [0.4, 0.5) is 24.5 Å². The molecule has 178 valence electrons. The van der Waals surface area contributed by atoms with Crippen LogP contribution in [0, 0.1) is 11.3 Å². The molecule has 0 atom stereocenters. The molecule has 1 aliphatic heterocycles. The van der Waals surface area contributed by atoms with Crippen LogP contribution < -0.4 is 9.80 Å². The largest absolute Gasteiger partial charge is 0.508 e. The molecule has 1 aromatic heterocycles. The summed E-state index contributed by atoms with van der Waals surface area (Å²) in [7, 11) is 0. The van der Waals surface area contributed by atoms with E-state index >= 15 is 0 Å². The van der Waals surface area contributed by atoms with Gasteiger partial charge < -0.3 is 10.0 Å². The Balaban J connectivity index is 1.77. The predicted octanol–water partition coefficient (Wildman–Crippen LogP) is 4.28. The molecule has 1 aliphatic rings. The third-order valence-corrected chi connectivity index (χ3v) is 6.13. The Hall–Kier alpha value is -4.17. The highest BCUT2D eigenvalue weighted by molar-refractivity contribution is 7.67. The number of amides is 1. The van der Waals surface area contributed by atoms with Gasteiger partial charge in [0.25, 0.3) is 5.91 Å². The molecular weight excluding hydrogens is 481 g/mol. The number of pyridine rings is 1. The first-order valence-corrected chi connectivity index (χ1v) is 10.9. The van der Waals surface area contributed by atoms with Gasteiger partial charge in [0.15, 0.2) is 5.69 Å². The number of aromatic nitrogens is 1. The van der Waals surface area contributed by atoms with E-state index < -0.39 is 28.9 Å². The minimum absolute atomic E-state index is 0.0343. The molecule has 0 unspecified atom stereocenters. The van der Waals surface area contributed by atoms with Gasteiger partial charge in [-0.05, 0) is 55.3 Å². The highest BCUT2D eigenvalue weighted by Gasteiger charge is 2.51. The van der Waals surface area contributed by atoms with Crippen LogP contribution in [0.15, 0.2) is 60.8 Å². The first-order chi connectivity index (χ1) is 16.5. The fourth-order valence-electron chi connectivity index (χ4n) is 3.87. The molecule has 1 amide bonds. The number of halogens is 3. The summed E-state index contributed by atoms with van der Waals surface area (Å²) >= 11 is -0.0343. The quantitative estimate of drug-likeness (QED) is 0.542. The Morgan fingerprint density at radius 2 is 1.60 bits per heavy atom. The van der Waals surface area contributed by atoms with E-state index in [0.29, 0.717) is 11.8 Å². The van der Waals surface area contributed by atoms with Crippen LogP contribution >= 0.6 is 0 Å². The second kappa shape index (κ2) is 8.56. The number of rotatable bonds is 3. The van der Waals surface area contributed by atoms with Gasteiger partial charge >= 0.3 is 6.18 Å². The third-order valence-electron chi connectivity index (χ3n) is 5.61. The minimum atomic E-state index is -4.87. The van der Waals surface area contributed by atoms with Gasteiger partial charge in [0, 0.05) is 5.69 Å². The molecule has 11 heteroatoms. The molecular formula is C24H17F3N4O3S. The van der Waals surface area contributed by atoms with Crippen LogP contribution in [0.1, 0.15) is 25.1 Å². The van der Waals surface area contributed by atoms with Crippen molar-refractivity contribution in [1.29, 1.82) is 5.26 Å². The molecule has 35 heavy (non-hydrogen) atoms. The summed E-state index contributed by atoms with van der Waals surface area (Å²) in [6.07, 6.45) is -3.91. The van der Waals surface area contributed by atoms with Gasteiger partial charge in [-0.2, -0.15) is 18.4 Å². The Bertz CT molecular complexity index is 1410. The molecule has 3 aromatic rings. The number of benzene rings is 2. The standard InChI is InChI=1S/C24H17F3N4O3S/c1-23(2)21(33)30(17-11-19(24(25,26)27)20(12-28)29-13-17)22(35-34)31(23)16-7-3-14(4-8-16)15-5-9-18(32)10-6-15/h3-11,13,32H,1-2H3. The van der Waals surface area contributed by atoms with Crippen LogP contribution in [0.2, 0.25) is 0 Å². The highest BCUT2D eigenvalue weighted by atomic mass is 32.1. The third kappa shape index (κ3) is 4.13. The van der Waals surface area contributed by atoms with Crippen molar-refractivity contribution in [3.63, 3.8) is 0 Å². The number of anilines is 2. The number of nitrogens with zero attached hydrogens (tertiary/aromatic N) is 4. The Labute approximate surface area is 201 Å². The lowest BCUT2D eigenvalue weighted by Gasteiger charge is -2.29. The van der Waals surface area contributed by atoms with E-state index in [-0.39, 0.29) is 27.8 Å². The van der Waals surface area contributed by atoms with Crippen molar-refractivity contribution in [3.05, 3.63) is 72.1 Å². The van der Waals surface area contributed by atoms with Gasteiger partial charge in [-0.1, -0.05) is 24.3 Å². The number of phenols is 1. The first-order valence-electron chi connectivity index (χ1n) is 10.2. The molecule has 0 aliphatic carbocycles. The Morgan fingerprint density at radius 1 is 1.03 bits per heavy atom. The molecule has 1 fully saturated rings. The molecule has 7 nitrogen and oxygen atoms in total. The second-order valence-corrected chi connectivity index (χ2v) is 8.73. The fraction of sp³-hybridized carbons (Fsp3) is 0.167. The van der Waals surface area contributed by atoms with E-state index in [1.165, 1.54) is 11.0 Å². The van der Waals surface area contributed by atoms with Gasteiger partial charge in [-0.3, -0.25) is 9.69 Å². The van der Waals surface area contributed by atoms with E-state index in [4.69, 9.17) is 5.26 Å². The lowest BCUT2D eigenvalue weighted by Crippen LogP contribution is -2.44. The summed E-state index contributed by atoms with van der Waals surface area (Å²) in [4.78, 5) is 19.3. The number of aromatic hydroxyl groups is 1. The zero-order valence-electron chi connectivity index (χ0n) is 18.4. The maximum atomic E-state index is 13.5. The summed E-state index contributed by atoms with van der Waals surface area (Å²) in [5.41, 5.74) is -1.57. The maximum absolute atomic E-state index is 13.5. The monoisotopic (exact) mass is 498 g/mol. The summed E-state index contributed by atoms with van der Waals surface area (Å²) in [6, 6.07) is 15.5. The van der Waals surface area contributed by atoms with E-state index in [2.05, 4.69) is 4.98 Å². The second-order valence-electron chi connectivity index (χ2n) is 8.19. The van der Waals surface area contributed by atoms with Crippen LogP contribution in [0.5, 0.6) is 5.75 Å². The van der Waals surface area contributed by atoms with Crippen molar-refractivity contribution in [2.24, 2.45) is 0 Å². The molecule has 0 spiro atoms. The molecule has 1 saturated heterocycles. The van der Waals surface area contributed by atoms with Gasteiger partial charge in [-0.25, -0.2) is 9.19 Å². The maximum Gasteiger partial charge on any atom is 0.419 e. The predicted molar refractivity (Wildman–Crippen MR) is 125 cm³/mol. The molecule has 2 aromatic carbocycles. The number of hydrogen-bond acceptors (Lipinski definition) is 5. The van der Waals surface area contributed by atoms with Crippen molar-refractivity contribution in [2.75, 3.05) is 9.80 Å². The lowest BCUT2D eigenvalue weighted by atomic mass is 10.0. The SMILES string of the molecule is CC1(C)C(=O)N(c2cnc(C#N)c(C(F)(F)F)c2)C(=S=O)N1c1ccc(-c2ccc(O)cc2)cc1. The number of alkyl halides is 3. The number of carbonyl (C=O) groups excluding carboxylic acids is 1. The number of nitriles is 1. The van der Waals surface area contributed by atoms with Gasteiger partial charge in [0.05, 0.1) is 17.4 Å². The summed E-state index contributed by atoms with van der Waals surface area (Å²) < 4.78 is 52.6. The van der Waals surface area contributed by atoms with Crippen LogP contribution in [-0.2, 0) is 22.2 Å². The summed E-state index contributed by atoms with van der Waals surface area (Å²) in [5, 5.41) is 18.3. The van der Waals surface area contributed by atoms with Crippen molar-refractivity contribution in [2.45, 2.75) is 25.6 Å². The number of phenolic OH excluding ortho intramolecular Hbond substituents is 1. The summed E-state index contributed by atoms with van der Waals surface area (Å²) in [5.74, 6) is -0.501. The lowest BCUT2D eigenvalue weighted by molar-refractivity contribution is -0.138. The van der Waals surface area contributed by atoms with Gasteiger partial charge in [0.2, 0.25) is 5.11 Å². The van der Waals surface area contributed by atoms with E-state index in [9.17, 15) is 27.3 Å². The Morgan fingerprint density at radius 3 is 2.11 bits per heavy atom. The minimum Gasteiger partial charge on any atom is -0.508 e. The van der Waals surface area contributed by atoms with Crippen molar-refractivity contribution in [3.8, 4) is 22.9 Å². The number of hydrogen-bond donors (Lipinski definition) is 1. The fourth-order valence-corrected chi connectivity index (χ4v) is 4.54. The molecule has 0 saturated carbocycles. The van der Waals surface area contributed by atoms with Gasteiger partial charge in [-0.15, -0.1) is 0 Å². The average molecular weight is 498 g/mol. The summed E-state index contributed by atoms with van der Waals surface area (Å²) in [6.45, 7) is 3.11. The highest BCUT2D eigenvalue weighted by Crippen LogP contribution is 2.39. The number of carbonyl (C=O) groups is 1. The Kier molecular flexibility index (Phi) is 5.86. The van der Waals surface area contributed by atoms with Crippen molar-refractivity contribution >= 4 is 33.6 Å². The smallest absolute Gasteiger partial charge is 0.419 e. The molecule has 0 bridgehead atoms. The molecule has 1 N–H and O–H groups in total. The van der Waals surface area contributed by atoms with Crippen molar-refractivity contribution in [1.82, 2.24) is 4.98 Å². The topological polar surface area (TPSA) is 97.5 Å². The van der Waals surface area contributed by atoms with Crippen LogP contribution in [0.25, 0.3) is 11.1 Å².